The van der Waals surface area contributed by atoms with E-state index >= 15 is 0 Å². The van der Waals surface area contributed by atoms with Crippen molar-refractivity contribution in [1.29, 1.82) is 0 Å². The number of ether oxygens (including phenoxy) is 1. The number of carbonyl (C=O) groups excluding carboxylic acids is 1. The summed E-state index contributed by atoms with van der Waals surface area (Å²) >= 11 is 0. The summed E-state index contributed by atoms with van der Waals surface area (Å²) < 4.78 is 5.87. The Morgan fingerprint density at radius 2 is 2.11 bits per heavy atom. The lowest BCUT2D eigenvalue weighted by Gasteiger charge is -2.51. The third kappa shape index (κ3) is 4.18. The molecule has 19 heavy (non-hydrogen) atoms. The van der Waals surface area contributed by atoms with Crippen molar-refractivity contribution in [1.82, 2.24) is 5.32 Å². The Kier molecular flexibility index (Phi) is 6.27. The van der Waals surface area contributed by atoms with Crippen LogP contribution in [0.25, 0.3) is 0 Å². The van der Waals surface area contributed by atoms with Gasteiger partial charge in [-0.3, -0.25) is 4.79 Å². The summed E-state index contributed by atoms with van der Waals surface area (Å²) in [6, 6.07) is -0.185. The molecule has 0 bridgehead atoms. The van der Waals surface area contributed by atoms with Crippen LogP contribution in [0.1, 0.15) is 59.8 Å². The first-order valence-electron chi connectivity index (χ1n) is 7.61. The van der Waals surface area contributed by atoms with Gasteiger partial charge < -0.3 is 15.8 Å². The maximum atomic E-state index is 11.9. The van der Waals surface area contributed by atoms with E-state index in [1.54, 1.807) is 0 Å². The number of amides is 1. The van der Waals surface area contributed by atoms with E-state index in [1.165, 1.54) is 0 Å². The minimum atomic E-state index is -0.374. The summed E-state index contributed by atoms with van der Waals surface area (Å²) in [4.78, 5) is 11.9. The average molecular weight is 270 g/mol. The average Bonchev–Trinajstić information content (AvgIpc) is 2.36. The van der Waals surface area contributed by atoms with Crippen molar-refractivity contribution in [2.45, 2.75) is 78.0 Å². The highest BCUT2D eigenvalue weighted by Crippen LogP contribution is 2.42. The largest absolute Gasteiger partial charge is 0.378 e. The zero-order chi connectivity index (χ0) is 14.5. The predicted octanol–water partition coefficient (Wildman–Crippen LogP) is 2.21. The lowest BCUT2D eigenvalue weighted by Crippen LogP contribution is -2.63. The van der Waals surface area contributed by atoms with E-state index in [2.05, 4.69) is 26.1 Å². The molecule has 1 aliphatic rings. The van der Waals surface area contributed by atoms with Gasteiger partial charge in [-0.1, -0.05) is 40.5 Å². The van der Waals surface area contributed by atoms with Gasteiger partial charge in [-0.25, -0.2) is 0 Å². The van der Waals surface area contributed by atoms with Crippen molar-refractivity contribution in [3.63, 3.8) is 0 Å². The van der Waals surface area contributed by atoms with Crippen LogP contribution in [0.2, 0.25) is 0 Å². The van der Waals surface area contributed by atoms with Crippen molar-refractivity contribution in [2.24, 2.45) is 11.1 Å². The summed E-state index contributed by atoms with van der Waals surface area (Å²) in [5.74, 6) is -0.0214. The minimum absolute atomic E-state index is 0.00926. The molecule has 1 rings (SSSR count). The van der Waals surface area contributed by atoms with Crippen molar-refractivity contribution in [3.8, 4) is 0 Å². The topological polar surface area (TPSA) is 64.3 Å². The highest BCUT2D eigenvalue weighted by molar-refractivity contribution is 5.81. The van der Waals surface area contributed by atoms with Crippen LogP contribution in [0, 0.1) is 5.41 Å². The molecule has 1 fully saturated rings. The second kappa shape index (κ2) is 7.25. The molecule has 112 valence electrons. The van der Waals surface area contributed by atoms with Gasteiger partial charge in [0.15, 0.2) is 0 Å². The number of unbranched alkanes of at least 4 members (excludes halogenated alkanes) is 1. The van der Waals surface area contributed by atoms with E-state index in [4.69, 9.17) is 10.5 Å². The second-order valence-corrected chi connectivity index (χ2v) is 6.23. The Hall–Kier alpha value is -0.610. The number of nitrogens with two attached hydrogens (primary N) is 1. The molecule has 0 radical (unpaired) electrons. The van der Waals surface area contributed by atoms with E-state index in [-0.39, 0.29) is 29.5 Å². The molecule has 0 aromatic carbocycles. The van der Waals surface area contributed by atoms with Gasteiger partial charge in [0, 0.05) is 18.1 Å². The minimum Gasteiger partial charge on any atom is -0.378 e. The number of carbonyl (C=O) groups is 1. The second-order valence-electron chi connectivity index (χ2n) is 6.23. The number of nitrogens with one attached hydrogen (secondary N) is 1. The Labute approximate surface area is 117 Å². The molecule has 1 aliphatic carbocycles. The first-order chi connectivity index (χ1) is 8.93. The molecule has 1 saturated carbocycles. The zero-order valence-corrected chi connectivity index (χ0v) is 12.9. The summed E-state index contributed by atoms with van der Waals surface area (Å²) in [5.41, 5.74) is 5.84. The maximum Gasteiger partial charge on any atom is 0.237 e. The van der Waals surface area contributed by atoms with Gasteiger partial charge in [0.2, 0.25) is 5.91 Å². The molecule has 3 unspecified atom stereocenters. The van der Waals surface area contributed by atoms with Crippen LogP contribution in [-0.4, -0.2) is 30.7 Å². The molecule has 0 aromatic heterocycles. The molecule has 0 aromatic rings. The van der Waals surface area contributed by atoms with Gasteiger partial charge in [-0.05, 0) is 19.3 Å². The summed E-state index contributed by atoms with van der Waals surface area (Å²) in [6.45, 7) is 9.33. The van der Waals surface area contributed by atoms with Crippen molar-refractivity contribution < 1.29 is 9.53 Å². The molecular weight excluding hydrogens is 240 g/mol. The van der Waals surface area contributed by atoms with Gasteiger partial charge >= 0.3 is 0 Å². The third-order valence-corrected chi connectivity index (χ3v) is 4.25. The van der Waals surface area contributed by atoms with Crippen LogP contribution in [0.3, 0.4) is 0 Å². The number of rotatable bonds is 8. The molecule has 1 amide bonds. The number of hydrogen-bond donors (Lipinski definition) is 2. The number of hydrogen-bond acceptors (Lipinski definition) is 3. The summed E-state index contributed by atoms with van der Waals surface area (Å²) in [5, 5.41) is 3.07. The fraction of sp³-hybridized carbons (Fsp3) is 0.933. The van der Waals surface area contributed by atoms with Gasteiger partial charge in [-0.2, -0.15) is 0 Å². The van der Waals surface area contributed by atoms with Gasteiger partial charge in [0.1, 0.15) is 0 Å². The molecule has 0 spiro atoms. The van der Waals surface area contributed by atoms with Crippen molar-refractivity contribution in [3.05, 3.63) is 0 Å². The Morgan fingerprint density at radius 3 is 2.63 bits per heavy atom. The van der Waals surface area contributed by atoms with Crippen LogP contribution in [0.4, 0.5) is 0 Å². The first-order valence-corrected chi connectivity index (χ1v) is 7.61. The molecule has 4 nitrogen and oxygen atoms in total. The lowest BCUT2D eigenvalue weighted by molar-refractivity contribution is -0.139. The molecular formula is C15H30N2O2. The first kappa shape index (κ1) is 16.4. The van der Waals surface area contributed by atoms with Crippen LogP contribution < -0.4 is 11.1 Å². The third-order valence-electron chi connectivity index (χ3n) is 4.25. The van der Waals surface area contributed by atoms with E-state index in [9.17, 15) is 4.79 Å². The quantitative estimate of drug-likeness (QED) is 0.665. The Balaban J connectivity index is 2.36. The fourth-order valence-electron chi connectivity index (χ4n) is 2.50. The summed E-state index contributed by atoms with van der Waals surface area (Å²) in [7, 11) is 0. The van der Waals surface area contributed by atoms with Crippen LogP contribution >= 0.6 is 0 Å². The lowest BCUT2D eigenvalue weighted by atomic mass is 9.64. The highest BCUT2D eigenvalue weighted by Gasteiger charge is 2.49. The normalized spacial score (nSPS) is 26.6. The predicted molar refractivity (Wildman–Crippen MR) is 77.9 cm³/mol. The molecule has 4 heteroatoms. The van der Waals surface area contributed by atoms with Gasteiger partial charge in [0.25, 0.3) is 0 Å². The Morgan fingerprint density at radius 1 is 1.42 bits per heavy atom. The molecule has 0 saturated heterocycles. The maximum absolute atomic E-state index is 11.9. The zero-order valence-electron chi connectivity index (χ0n) is 12.9. The van der Waals surface area contributed by atoms with Crippen LogP contribution in [0.15, 0.2) is 0 Å². The van der Waals surface area contributed by atoms with Crippen LogP contribution in [-0.2, 0) is 9.53 Å². The van der Waals surface area contributed by atoms with Gasteiger partial charge in [-0.15, -0.1) is 0 Å². The van der Waals surface area contributed by atoms with Crippen LogP contribution in [0.5, 0.6) is 0 Å². The molecule has 3 atom stereocenters. The molecule has 0 aliphatic heterocycles. The van der Waals surface area contributed by atoms with E-state index in [1.807, 2.05) is 6.92 Å². The monoisotopic (exact) mass is 270 g/mol. The molecule has 3 N–H and O–H groups in total. The van der Waals surface area contributed by atoms with Gasteiger partial charge in [0.05, 0.1) is 12.1 Å². The van der Waals surface area contributed by atoms with E-state index in [0.717, 1.165) is 38.7 Å². The van der Waals surface area contributed by atoms with E-state index in [0.29, 0.717) is 0 Å². The van der Waals surface area contributed by atoms with Crippen molar-refractivity contribution in [2.75, 3.05) is 6.61 Å². The van der Waals surface area contributed by atoms with E-state index < -0.39 is 0 Å². The molecule has 0 heterocycles. The highest BCUT2D eigenvalue weighted by atomic mass is 16.5. The van der Waals surface area contributed by atoms with Crippen molar-refractivity contribution >= 4 is 5.91 Å². The SMILES string of the molecule is CCCCOC1CC(NC(=O)C(N)CCC)C1(C)C. The Bertz CT molecular complexity index is 292. The standard InChI is InChI=1S/C15H30N2O2/c1-5-7-9-19-13-10-12(15(13,3)4)17-14(18)11(16)8-6-2/h11-13H,5-10,16H2,1-4H3,(H,17,18). The summed E-state index contributed by atoms with van der Waals surface area (Å²) in [6.07, 6.45) is 5.10. The fourth-order valence-corrected chi connectivity index (χ4v) is 2.50. The smallest absolute Gasteiger partial charge is 0.237 e.